The molecule has 2 aromatic heterocycles. The molecule has 4 heterocycles. The van der Waals surface area contributed by atoms with Crippen LogP contribution in [0.25, 0.3) is 0 Å². The molecule has 2 aliphatic rings. The summed E-state index contributed by atoms with van der Waals surface area (Å²) in [5, 5.41) is 7.82. The summed E-state index contributed by atoms with van der Waals surface area (Å²) in [4.78, 5) is 1.31. The molecule has 0 aliphatic carbocycles. The first-order valence-corrected chi connectivity index (χ1v) is 8.87. The number of fused-ring (bicyclic) bond motifs is 2. The minimum absolute atomic E-state index is 0.146. The van der Waals surface area contributed by atoms with E-state index in [0.717, 1.165) is 41.7 Å². The Morgan fingerprint density at radius 1 is 1.41 bits per heavy atom. The first kappa shape index (κ1) is 14.7. The molecule has 22 heavy (non-hydrogen) atoms. The third kappa shape index (κ3) is 2.40. The molecule has 1 saturated heterocycles. The van der Waals surface area contributed by atoms with Crippen LogP contribution in [0.3, 0.4) is 0 Å². The summed E-state index contributed by atoms with van der Waals surface area (Å²) in [6, 6.07) is 4.61. The number of piperidine rings is 1. The molecule has 6 heteroatoms. The van der Waals surface area contributed by atoms with E-state index in [0.29, 0.717) is 6.04 Å². The molecule has 0 bridgehead atoms. The van der Waals surface area contributed by atoms with Crippen molar-refractivity contribution in [3.63, 3.8) is 0 Å². The third-order valence-electron chi connectivity index (χ3n) is 4.60. The summed E-state index contributed by atoms with van der Waals surface area (Å²) in [5.41, 5.74) is 2.07. The number of hydrogen-bond acceptors (Lipinski definition) is 5. The maximum atomic E-state index is 6.33. The maximum absolute atomic E-state index is 6.33. The fourth-order valence-electron chi connectivity index (χ4n) is 3.80. The number of halogens is 1. The molecular weight excluding hydrogens is 320 g/mol. The Balaban J connectivity index is 1.72. The summed E-state index contributed by atoms with van der Waals surface area (Å²) < 4.78 is 12.4. The molecule has 1 N–H and O–H groups in total. The van der Waals surface area contributed by atoms with Crippen molar-refractivity contribution >= 4 is 22.9 Å². The molecule has 4 rings (SSSR count). The van der Waals surface area contributed by atoms with Gasteiger partial charge in [0.15, 0.2) is 0 Å². The second kappa shape index (κ2) is 5.34. The molecule has 0 saturated carbocycles. The quantitative estimate of drug-likeness (QED) is 0.854. The molecule has 2 aliphatic heterocycles. The Morgan fingerprint density at radius 3 is 3.05 bits per heavy atom. The van der Waals surface area contributed by atoms with Crippen molar-refractivity contribution in [3.8, 4) is 0 Å². The number of hydrogen-bond donors (Lipinski definition) is 1. The topological polar surface area (TPSA) is 47.3 Å². The van der Waals surface area contributed by atoms with E-state index in [9.17, 15) is 0 Å². The van der Waals surface area contributed by atoms with Gasteiger partial charge in [-0.05, 0) is 38.3 Å². The fourth-order valence-corrected chi connectivity index (χ4v) is 5.26. The van der Waals surface area contributed by atoms with Gasteiger partial charge in [-0.3, -0.25) is 0 Å². The molecule has 3 atom stereocenters. The van der Waals surface area contributed by atoms with Gasteiger partial charge in [0.1, 0.15) is 17.1 Å². The predicted octanol–water partition coefficient (Wildman–Crippen LogP) is 3.98. The van der Waals surface area contributed by atoms with Crippen LogP contribution >= 0.6 is 22.9 Å². The summed E-state index contributed by atoms with van der Waals surface area (Å²) in [6.45, 7) is 4.89. The molecule has 0 aromatic carbocycles. The van der Waals surface area contributed by atoms with Gasteiger partial charge < -0.3 is 14.6 Å². The first-order valence-electron chi connectivity index (χ1n) is 7.68. The number of aromatic nitrogens is 1. The maximum Gasteiger partial charge on any atom is 0.133 e. The van der Waals surface area contributed by atoms with Crippen LogP contribution in [-0.2, 0) is 16.8 Å². The Morgan fingerprint density at radius 2 is 2.27 bits per heavy atom. The molecular formula is C16H19ClN2O2S. The lowest BCUT2D eigenvalue weighted by Crippen LogP contribution is -2.49. The van der Waals surface area contributed by atoms with Crippen molar-refractivity contribution in [3.05, 3.63) is 38.4 Å². The normalized spacial score (nSPS) is 31.4. The van der Waals surface area contributed by atoms with Crippen molar-refractivity contribution in [2.45, 2.75) is 50.8 Å². The van der Waals surface area contributed by atoms with Crippen LogP contribution in [0.5, 0.6) is 0 Å². The molecule has 4 nitrogen and oxygen atoms in total. The molecule has 1 fully saturated rings. The highest BCUT2D eigenvalue weighted by Gasteiger charge is 2.46. The highest BCUT2D eigenvalue weighted by Crippen LogP contribution is 2.49. The summed E-state index contributed by atoms with van der Waals surface area (Å²) >= 11 is 7.94. The van der Waals surface area contributed by atoms with Crippen molar-refractivity contribution in [2.75, 3.05) is 6.61 Å². The number of nitrogens with zero attached hydrogens (tertiary/aromatic N) is 1. The molecule has 118 valence electrons. The van der Waals surface area contributed by atoms with Crippen molar-refractivity contribution < 1.29 is 9.26 Å². The Hall–Kier alpha value is -0.880. The second-order valence-electron chi connectivity index (χ2n) is 6.39. The summed E-state index contributed by atoms with van der Waals surface area (Å²) in [7, 11) is 0. The number of thiophene rings is 1. The van der Waals surface area contributed by atoms with Gasteiger partial charge in [-0.25, -0.2) is 0 Å². The Bertz CT molecular complexity index is 698. The van der Waals surface area contributed by atoms with Crippen molar-refractivity contribution in [2.24, 2.45) is 0 Å². The van der Waals surface area contributed by atoms with E-state index < -0.39 is 0 Å². The molecule has 0 radical (unpaired) electrons. The van der Waals surface area contributed by atoms with E-state index in [4.69, 9.17) is 20.9 Å². The van der Waals surface area contributed by atoms with Gasteiger partial charge >= 0.3 is 0 Å². The van der Waals surface area contributed by atoms with Crippen LogP contribution in [0.2, 0.25) is 4.34 Å². The SMILES string of the molecule is Cc1cc([C@@H]2C[C@]3(C[C@H](C)N2)OCCc2cc(Cl)sc23)no1. The zero-order valence-corrected chi connectivity index (χ0v) is 14.3. The minimum Gasteiger partial charge on any atom is -0.369 e. The van der Waals surface area contributed by atoms with Gasteiger partial charge in [-0.15, -0.1) is 11.3 Å². The standard InChI is InChI=1S/C16H19ClN2O2S/c1-9-7-16(8-13(18-9)12-5-10(2)21-19-12)15-11(3-4-20-16)6-14(17)22-15/h5-6,9,13,18H,3-4,7-8H2,1-2H3/t9-,13-,16-/m0/s1. The number of ether oxygens (including phenoxy) is 1. The van der Waals surface area contributed by atoms with E-state index in [1.165, 1.54) is 10.4 Å². The molecule has 2 aromatic rings. The van der Waals surface area contributed by atoms with E-state index in [1.54, 1.807) is 11.3 Å². The van der Waals surface area contributed by atoms with Crippen molar-refractivity contribution in [1.82, 2.24) is 10.5 Å². The lowest BCUT2D eigenvalue weighted by Gasteiger charge is -2.45. The van der Waals surface area contributed by atoms with Crippen LogP contribution in [0, 0.1) is 6.92 Å². The first-order chi connectivity index (χ1) is 10.6. The number of rotatable bonds is 1. The highest BCUT2D eigenvalue weighted by molar-refractivity contribution is 7.16. The van der Waals surface area contributed by atoms with Gasteiger partial charge in [-0.2, -0.15) is 0 Å². The van der Waals surface area contributed by atoms with Crippen LogP contribution in [-0.4, -0.2) is 17.8 Å². The molecule has 1 spiro atoms. The zero-order chi connectivity index (χ0) is 15.3. The number of aryl methyl sites for hydroxylation is 1. The lowest BCUT2D eigenvalue weighted by atomic mass is 9.79. The highest BCUT2D eigenvalue weighted by atomic mass is 35.5. The Labute approximate surface area is 138 Å². The van der Waals surface area contributed by atoms with E-state index in [2.05, 4.69) is 23.5 Å². The fraction of sp³-hybridized carbons (Fsp3) is 0.562. The Kier molecular flexibility index (Phi) is 3.57. The van der Waals surface area contributed by atoms with Crippen LogP contribution in [0.4, 0.5) is 0 Å². The minimum atomic E-state index is -0.242. The zero-order valence-electron chi connectivity index (χ0n) is 12.7. The third-order valence-corrected chi connectivity index (χ3v) is 6.09. The van der Waals surface area contributed by atoms with E-state index >= 15 is 0 Å². The largest absolute Gasteiger partial charge is 0.369 e. The van der Waals surface area contributed by atoms with Crippen LogP contribution in [0.1, 0.15) is 47.7 Å². The smallest absolute Gasteiger partial charge is 0.133 e. The molecule has 0 unspecified atom stereocenters. The predicted molar refractivity (Wildman–Crippen MR) is 86.5 cm³/mol. The van der Waals surface area contributed by atoms with Gasteiger partial charge in [-0.1, -0.05) is 16.8 Å². The average molecular weight is 339 g/mol. The van der Waals surface area contributed by atoms with Gasteiger partial charge in [0.25, 0.3) is 0 Å². The summed E-state index contributed by atoms with van der Waals surface area (Å²) in [6.07, 6.45) is 2.78. The van der Waals surface area contributed by atoms with Crippen LogP contribution < -0.4 is 5.32 Å². The van der Waals surface area contributed by atoms with Crippen LogP contribution in [0.15, 0.2) is 16.7 Å². The van der Waals surface area contributed by atoms with Crippen molar-refractivity contribution in [1.29, 1.82) is 0 Å². The molecule has 0 amide bonds. The van der Waals surface area contributed by atoms with E-state index in [-0.39, 0.29) is 11.6 Å². The monoisotopic (exact) mass is 338 g/mol. The number of nitrogens with one attached hydrogen (secondary N) is 1. The van der Waals surface area contributed by atoms with Gasteiger partial charge in [0.05, 0.1) is 17.0 Å². The summed E-state index contributed by atoms with van der Waals surface area (Å²) in [5.74, 6) is 0.841. The van der Waals surface area contributed by atoms with Gasteiger partial charge in [0.2, 0.25) is 0 Å². The van der Waals surface area contributed by atoms with E-state index in [1.807, 2.05) is 13.0 Å². The van der Waals surface area contributed by atoms with Gasteiger partial charge in [0, 0.05) is 23.4 Å². The second-order valence-corrected chi connectivity index (χ2v) is 8.07. The average Bonchev–Trinajstić information content (AvgIpc) is 3.04. The lowest BCUT2D eigenvalue weighted by molar-refractivity contribution is -0.0959.